The monoisotopic (exact) mass is 467 g/mol. The Labute approximate surface area is 199 Å². The summed E-state index contributed by atoms with van der Waals surface area (Å²) in [7, 11) is 0. The van der Waals surface area contributed by atoms with Crippen molar-refractivity contribution in [2.45, 2.75) is 83.6 Å². The zero-order valence-electron chi connectivity index (χ0n) is 20.4. The van der Waals surface area contributed by atoms with Crippen LogP contribution < -0.4 is 16.4 Å². The van der Waals surface area contributed by atoms with Crippen LogP contribution in [0.2, 0.25) is 0 Å². The molecule has 0 aliphatic heterocycles. The van der Waals surface area contributed by atoms with Gasteiger partial charge in [0.1, 0.15) is 0 Å². The van der Waals surface area contributed by atoms with Crippen LogP contribution in [0.4, 0.5) is 0 Å². The smallest absolute Gasteiger partial charge is 0.237 e. The van der Waals surface area contributed by atoms with Crippen LogP contribution in [0.5, 0.6) is 0 Å². The number of H-pyrrole nitrogens is 1. The largest absolute Gasteiger partial charge is 0.377 e. The first-order chi connectivity index (χ1) is 16.1. The molecule has 0 aliphatic rings. The van der Waals surface area contributed by atoms with E-state index in [4.69, 9.17) is 15.2 Å². The van der Waals surface area contributed by atoms with Crippen LogP contribution in [0.15, 0.2) is 12.5 Å². The molecular weight excluding hydrogens is 422 g/mol. The normalized spacial score (nSPS) is 11.9. The van der Waals surface area contributed by atoms with E-state index >= 15 is 0 Å². The van der Waals surface area contributed by atoms with Crippen LogP contribution in [0, 0.1) is 0 Å². The molecule has 9 nitrogen and oxygen atoms in total. The fourth-order valence-electron chi connectivity index (χ4n) is 3.37. The number of rotatable bonds is 22. The number of aromatic nitrogens is 2. The second-order valence-corrected chi connectivity index (χ2v) is 8.33. The van der Waals surface area contributed by atoms with Gasteiger partial charge in [-0.25, -0.2) is 4.98 Å². The Morgan fingerprint density at radius 3 is 2.15 bits per heavy atom. The highest BCUT2D eigenvalue weighted by Gasteiger charge is 2.13. The molecular formula is C24H45N5O4. The highest BCUT2D eigenvalue weighted by atomic mass is 16.5. The summed E-state index contributed by atoms with van der Waals surface area (Å²) < 4.78 is 10.9. The molecule has 1 heterocycles. The molecule has 33 heavy (non-hydrogen) atoms. The van der Waals surface area contributed by atoms with E-state index in [0.29, 0.717) is 52.4 Å². The Balaban J connectivity index is 1.80. The first-order valence-corrected chi connectivity index (χ1v) is 12.6. The average molecular weight is 468 g/mol. The Kier molecular flexibility index (Phi) is 18.2. The van der Waals surface area contributed by atoms with Crippen molar-refractivity contribution in [1.29, 1.82) is 0 Å². The van der Waals surface area contributed by atoms with Gasteiger partial charge in [-0.3, -0.25) is 9.59 Å². The van der Waals surface area contributed by atoms with Crippen molar-refractivity contribution in [3.63, 3.8) is 0 Å². The van der Waals surface area contributed by atoms with Gasteiger partial charge < -0.3 is 30.8 Å². The third-order valence-corrected chi connectivity index (χ3v) is 5.33. The molecule has 0 spiro atoms. The fraction of sp³-hybridized carbons (Fsp3) is 0.792. The number of nitrogens with one attached hydrogen (secondary N) is 3. The quantitative estimate of drug-likeness (QED) is 0.194. The molecule has 0 radical (unpaired) electrons. The summed E-state index contributed by atoms with van der Waals surface area (Å²) in [6.45, 7) is 4.88. The van der Waals surface area contributed by atoms with E-state index in [9.17, 15) is 9.59 Å². The molecule has 1 rings (SSSR count). The van der Waals surface area contributed by atoms with E-state index in [2.05, 4.69) is 27.5 Å². The number of hydrogen-bond donors (Lipinski definition) is 4. The summed E-state index contributed by atoms with van der Waals surface area (Å²) in [5, 5.41) is 5.63. The maximum absolute atomic E-state index is 11.9. The van der Waals surface area contributed by atoms with Crippen LogP contribution >= 0.6 is 0 Å². The minimum atomic E-state index is -0.621. The highest BCUT2D eigenvalue weighted by Crippen LogP contribution is 2.10. The van der Waals surface area contributed by atoms with Crippen molar-refractivity contribution in [3.05, 3.63) is 18.2 Å². The Hall–Kier alpha value is -1.97. The van der Waals surface area contributed by atoms with Crippen molar-refractivity contribution in [1.82, 2.24) is 20.6 Å². The summed E-state index contributed by atoms with van der Waals surface area (Å²) in [5.41, 5.74) is 6.68. The lowest BCUT2D eigenvalue weighted by Gasteiger charge is -2.11. The van der Waals surface area contributed by atoms with Crippen molar-refractivity contribution in [2.24, 2.45) is 5.73 Å². The summed E-state index contributed by atoms with van der Waals surface area (Å²) in [4.78, 5) is 30.5. The molecule has 9 heteroatoms. The number of amides is 2. The number of nitrogens with two attached hydrogens (primary N) is 1. The maximum Gasteiger partial charge on any atom is 0.237 e. The zero-order chi connectivity index (χ0) is 24.0. The molecule has 0 unspecified atom stereocenters. The van der Waals surface area contributed by atoms with Gasteiger partial charge in [0, 0.05) is 37.8 Å². The minimum Gasteiger partial charge on any atom is -0.377 e. The van der Waals surface area contributed by atoms with Gasteiger partial charge >= 0.3 is 0 Å². The van der Waals surface area contributed by atoms with Crippen molar-refractivity contribution >= 4 is 11.8 Å². The lowest BCUT2D eigenvalue weighted by atomic mass is 10.1. The summed E-state index contributed by atoms with van der Waals surface area (Å²) in [6.07, 6.45) is 15.5. The summed E-state index contributed by atoms with van der Waals surface area (Å²) >= 11 is 0. The van der Waals surface area contributed by atoms with Gasteiger partial charge in [-0.2, -0.15) is 0 Å². The fourth-order valence-corrected chi connectivity index (χ4v) is 3.37. The molecule has 1 aromatic rings. The standard InChI is InChI=1S/C24H45N5O4/c1-2-3-4-5-6-7-8-9-10-11-23(30)27-12-14-32-16-17-33-15-13-28-24(31)22(25)18-21-19-26-20-29-21/h19-20,22H,2-18,25H2,1H3,(H,26,29)(H,27,30)(H,28,31)/t22-/m0/s1. The van der Waals surface area contributed by atoms with Crippen LogP contribution in [0.1, 0.15) is 76.8 Å². The number of ether oxygens (including phenoxy) is 2. The van der Waals surface area contributed by atoms with E-state index in [1.54, 1.807) is 12.5 Å². The number of nitrogens with zero attached hydrogens (tertiary/aromatic N) is 1. The van der Waals surface area contributed by atoms with Gasteiger partial charge in [-0.1, -0.05) is 58.3 Å². The molecule has 1 atom stereocenters. The van der Waals surface area contributed by atoms with Crippen LogP contribution in [0.25, 0.3) is 0 Å². The van der Waals surface area contributed by atoms with Crippen molar-refractivity contribution in [3.8, 4) is 0 Å². The predicted molar refractivity (Wildman–Crippen MR) is 130 cm³/mol. The SMILES string of the molecule is CCCCCCCCCCCC(=O)NCCOCCOCCNC(=O)[C@@H](N)Cc1cnc[nH]1. The molecule has 0 bridgehead atoms. The second-order valence-electron chi connectivity index (χ2n) is 8.33. The van der Waals surface area contributed by atoms with Gasteiger partial charge in [-0.15, -0.1) is 0 Å². The number of carbonyl (C=O) groups is 2. The van der Waals surface area contributed by atoms with E-state index in [1.165, 1.54) is 44.9 Å². The lowest BCUT2D eigenvalue weighted by Crippen LogP contribution is -2.43. The number of unbranched alkanes of at least 4 members (excludes halogenated alkanes) is 8. The van der Waals surface area contributed by atoms with Crippen molar-refractivity contribution < 1.29 is 19.1 Å². The van der Waals surface area contributed by atoms with Crippen LogP contribution in [-0.2, 0) is 25.5 Å². The Morgan fingerprint density at radius 2 is 1.55 bits per heavy atom. The van der Waals surface area contributed by atoms with Gasteiger partial charge in [-0.05, 0) is 6.42 Å². The average Bonchev–Trinajstić information content (AvgIpc) is 3.32. The molecule has 0 aromatic carbocycles. The van der Waals surface area contributed by atoms with Gasteiger partial charge in [0.15, 0.2) is 0 Å². The van der Waals surface area contributed by atoms with E-state index in [0.717, 1.165) is 18.5 Å². The molecule has 190 valence electrons. The molecule has 0 fully saturated rings. The minimum absolute atomic E-state index is 0.0966. The highest BCUT2D eigenvalue weighted by molar-refractivity contribution is 5.81. The summed E-state index contributed by atoms with van der Waals surface area (Å²) in [5.74, 6) is -0.123. The molecule has 0 aliphatic carbocycles. The van der Waals surface area contributed by atoms with Crippen LogP contribution in [0.3, 0.4) is 0 Å². The molecule has 2 amide bonds. The van der Waals surface area contributed by atoms with Crippen LogP contribution in [-0.4, -0.2) is 67.3 Å². The third-order valence-electron chi connectivity index (χ3n) is 5.33. The van der Waals surface area contributed by atoms with Gasteiger partial charge in [0.25, 0.3) is 0 Å². The number of imidazole rings is 1. The van der Waals surface area contributed by atoms with E-state index in [1.807, 2.05) is 0 Å². The Morgan fingerprint density at radius 1 is 0.939 bits per heavy atom. The first kappa shape index (κ1) is 29.1. The number of hydrogen-bond acceptors (Lipinski definition) is 6. The maximum atomic E-state index is 11.9. The molecule has 0 saturated heterocycles. The van der Waals surface area contributed by atoms with E-state index in [-0.39, 0.29) is 11.8 Å². The molecule has 0 saturated carbocycles. The number of aromatic amines is 1. The van der Waals surface area contributed by atoms with Gasteiger partial charge in [0.2, 0.25) is 11.8 Å². The Bertz CT molecular complexity index is 598. The summed E-state index contributed by atoms with van der Waals surface area (Å²) in [6, 6.07) is -0.621. The molecule has 1 aromatic heterocycles. The van der Waals surface area contributed by atoms with E-state index < -0.39 is 6.04 Å². The second kappa shape index (κ2) is 20.6. The topological polar surface area (TPSA) is 131 Å². The molecule has 5 N–H and O–H groups in total. The van der Waals surface area contributed by atoms with Gasteiger partial charge in [0.05, 0.1) is 38.8 Å². The number of carbonyl (C=O) groups excluding carboxylic acids is 2. The van der Waals surface area contributed by atoms with Crippen molar-refractivity contribution in [2.75, 3.05) is 39.5 Å². The zero-order valence-corrected chi connectivity index (χ0v) is 20.4. The lowest BCUT2D eigenvalue weighted by molar-refractivity contribution is -0.123. The predicted octanol–water partition coefficient (Wildman–Crippen LogP) is 2.47. The first-order valence-electron chi connectivity index (χ1n) is 12.6. The third kappa shape index (κ3) is 17.2.